The highest BCUT2D eigenvalue weighted by molar-refractivity contribution is 4.81. The number of likely N-dealkylation sites (N-methyl/N-ethyl adjacent to an activating group) is 1. The average Bonchev–Trinajstić information content (AvgIpc) is 2.37. The van der Waals surface area contributed by atoms with Gasteiger partial charge < -0.3 is 5.32 Å². The Hall–Kier alpha value is -0.0800. The van der Waals surface area contributed by atoms with Gasteiger partial charge in [0.25, 0.3) is 0 Å². The van der Waals surface area contributed by atoms with E-state index in [0.29, 0.717) is 5.54 Å². The van der Waals surface area contributed by atoms with Gasteiger partial charge in [-0.1, -0.05) is 0 Å². The number of nitrogens with zero attached hydrogens (tertiary/aromatic N) is 1. The summed E-state index contributed by atoms with van der Waals surface area (Å²) in [5.41, 5.74) is 0.310. The molecule has 2 heteroatoms. The largest absolute Gasteiger partial charge is 0.313 e. The molecule has 0 saturated carbocycles. The highest BCUT2D eigenvalue weighted by Gasteiger charge is 2.22. The second kappa shape index (κ2) is 3.75. The predicted molar refractivity (Wildman–Crippen MR) is 53.4 cm³/mol. The van der Waals surface area contributed by atoms with Crippen LogP contribution in [0.1, 0.15) is 33.6 Å². The van der Waals surface area contributed by atoms with Crippen LogP contribution >= 0.6 is 0 Å². The van der Waals surface area contributed by atoms with Gasteiger partial charge in [0.05, 0.1) is 0 Å². The van der Waals surface area contributed by atoms with Crippen LogP contribution in [0.3, 0.4) is 0 Å². The fourth-order valence-corrected chi connectivity index (χ4v) is 1.52. The molecule has 0 unspecified atom stereocenters. The highest BCUT2D eigenvalue weighted by Crippen LogP contribution is 2.13. The summed E-state index contributed by atoms with van der Waals surface area (Å²) < 4.78 is 0. The molecule has 1 aliphatic rings. The SMILES string of the molecule is CN(C[C@@H]1CCCN1)C(C)(C)C. The number of hydrogen-bond acceptors (Lipinski definition) is 2. The van der Waals surface area contributed by atoms with Crippen molar-refractivity contribution >= 4 is 0 Å². The van der Waals surface area contributed by atoms with E-state index >= 15 is 0 Å². The lowest BCUT2D eigenvalue weighted by atomic mass is 10.1. The average molecular weight is 170 g/mol. The number of rotatable bonds is 2. The van der Waals surface area contributed by atoms with Crippen LogP contribution in [0.15, 0.2) is 0 Å². The minimum absolute atomic E-state index is 0.310. The Morgan fingerprint density at radius 3 is 2.50 bits per heavy atom. The van der Waals surface area contributed by atoms with E-state index < -0.39 is 0 Å². The van der Waals surface area contributed by atoms with Crippen molar-refractivity contribution in [3.8, 4) is 0 Å². The first kappa shape index (κ1) is 10.0. The Morgan fingerprint density at radius 1 is 1.42 bits per heavy atom. The zero-order valence-electron chi connectivity index (χ0n) is 8.85. The molecule has 1 heterocycles. The molecule has 1 rings (SSSR count). The highest BCUT2D eigenvalue weighted by atomic mass is 15.2. The normalized spacial score (nSPS) is 25.2. The molecule has 0 radical (unpaired) electrons. The summed E-state index contributed by atoms with van der Waals surface area (Å²) in [7, 11) is 2.21. The van der Waals surface area contributed by atoms with Crippen molar-refractivity contribution in [1.29, 1.82) is 0 Å². The summed E-state index contributed by atoms with van der Waals surface area (Å²) >= 11 is 0. The topological polar surface area (TPSA) is 15.3 Å². The third-order valence-electron chi connectivity index (χ3n) is 2.80. The fraction of sp³-hybridized carbons (Fsp3) is 1.00. The number of nitrogens with one attached hydrogen (secondary N) is 1. The summed E-state index contributed by atoms with van der Waals surface area (Å²) in [6, 6.07) is 0.731. The van der Waals surface area contributed by atoms with Gasteiger partial charge in [-0.25, -0.2) is 0 Å². The van der Waals surface area contributed by atoms with Crippen LogP contribution in [0.2, 0.25) is 0 Å². The maximum Gasteiger partial charge on any atom is 0.0195 e. The third kappa shape index (κ3) is 2.76. The maximum absolute atomic E-state index is 3.52. The van der Waals surface area contributed by atoms with Gasteiger partial charge in [0.1, 0.15) is 0 Å². The lowest BCUT2D eigenvalue weighted by molar-refractivity contribution is 0.161. The predicted octanol–water partition coefficient (Wildman–Crippen LogP) is 1.47. The van der Waals surface area contributed by atoms with Gasteiger partial charge in [-0.2, -0.15) is 0 Å². The lowest BCUT2D eigenvalue weighted by Crippen LogP contribution is -2.45. The Labute approximate surface area is 76.3 Å². The molecule has 0 amide bonds. The molecule has 1 N–H and O–H groups in total. The fourth-order valence-electron chi connectivity index (χ4n) is 1.52. The van der Waals surface area contributed by atoms with E-state index in [1.165, 1.54) is 25.9 Å². The smallest absolute Gasteiger partial charge is 0.0195 e. The van der Waals surface area contributed by atoms with E-state index in [1.807, 2.05) is 0 Å². The first-order valence-corrected chi connectivity index (χ1v) is 4.95. The van der Waals surface area contributed by atoms with Crippen LogP contribution < -0.4 is 5.32 Å². The zero-order chi connectivity index (χ0) is 9.19. The second-order valence-electron chi connectivity index (χ2n) is 4.84. The Bertz CT molecular complexity index is 131. The molecule has 1 atom stereocenters. The lowest BCUT2D eigenvalue weighted by Gasteiger charge is -2.33. The van der Waals surface area contributed by atoms with Crippen LogP contribution in [-0.2, 0) is 0 Å². The van der Waals surface area contributed by atoms with Crippen molar-refractivity contribution in [2.75, 3.05) is 20.1 Å². The van der Waals surface area contributed by atoms with E-state index in [0.717, 1.165) is 6.04 Å². The molecular weight excluding hydrogens is 148 g/mol. The first-order chi connectivity index (χ1) is 5.50. The minimum atomic E-state index is 0.310. The molecule has 2 nitrogen and oxygen atoms in total. The molecule has 0 bridgehead atoms. The van der Waals surface area contributed by atoms with Crippen LogP contribution in [0.4, 0.5) is 0 Å². The standard InChI is InChI=1S/C10H22N2/c1-10(2,3)12(4)8-9-6-5-7-11-9/h9,11H,5-8H2,1-4H3/t9-/m0/s1. The second-order valence-corrected chi connectivity index (χ2v) is 4.84. The molecular formula is C10H22N2. The van der Waals surface area contributed by atoms with Crippen molar-refractivity contribution in [1.82, 2.24) is 10.2 Å². The van der Waals surface area contributed by atoms with Gasteiger partial charge in [0, 0.05) is 18.1 Å². The monoisotopic (exact) mass is 170 g/mol. The summed E-state index contributed by atoms with van der Waals surface area (Å²) in [6.45, 7) is 9.19. The molecule has 72 valence electrons. The molecule has 0 spiro atoms. The molecule has 0 aliphatic carbocycles. The van der Waals surface area contributed by atoms with E-state index in [-0.39, 0.29) is 0 Å². The Kier molecular flexibility index (Phi) is 3.13. The summed E-state index contributed by atoms with van der Waals surface area (Å²) in [6.07, 6.45) is 2.70. The quantitative estimate of drug-likeness (QED) is 0.675. The van der Waals surface area contributed by atoms with Gasteiger partial charge in [-0.15, -0.1) is 0 Å². The molecule has 1 aliphatic heterocycles. The summed E-state index contributed by atoms with van der Waals surface area (Å²) in [5, 5.41) is 3.52. The summed E-state index contributed by atoms with van der Waals surface area (Å²) in [4.78, 5) is 2.43. The van der Waals surface area contributed by atoms with Gasteiger partial charge in [0.15, 0.2) is 0 Å². The molecule has 1 saturated heterocycles. The Balaban J connectivity index is 2.30. The van der Waals surface area contributed by atoms with Gasteiger partial charge >= 0.3 is 0 Å². The molecule has 0 aromatic heterocycles. The van der Waals surface area contributed by atoms with Crippen molar-refractivity contribution < 1.29 is 0 Å². The minimum Gasteiger partial charge on any atom is -0.313 e. The van der Waals surface area contributed by atoms with E-state index in [4.69, 9.17) is 0 Å². The van der Waals surface area contributed by atoms with Gasteiger partial charge in [-0.05, 0) is 47.2 Å². The van der Waals surface area contributed by atoms with Crippen molar-refractivity contribution in [3.63, 3.8) is 0 Å². The zero-order valence-corrected chi connectivity index (χ0v) is 8.85. The maximum atomic E-state index is 3.52. The molecule has 12 heavy (non-hydrogen) atoms. The van der Waals surface area contributed by atoms with E-state index in [9.17, 15) is 0 Å². The molecule has 0 aromatic rings. The van der Waals surface area contributed by atoms with Crippen LogP contribution in [0, 0.1) is 0 Å². The van der Waals surface area contributed by atoms with Crippen molar-refractivity contribution in [3.05, 3.63) is 0 Å². The molecule has 0 aromatic carbocycles. The van der Waals surface area contributed by atoms with E-state index in [2.05, 4.69) is 38.0 Å². The van der Waals surface area contributed by atoms with Crippen molar-refractivity contribution in [2.24, 2.45) is 0 Å². The van der Waals surface area contributed by atoms with Crippen LogP contribution in [0.25, 0.3) is 0 Å². The summed E-state index contributed by atoms with van der Waals surface area (Å²) in [5.74, 6) is 0. The van der Waals surface area contributed by atoms with E-state index in [1.54, 1.807) is 0 Å². The van der Waals surface area contributed by atoms with Crippen LogP contribution in [0.5, 0.6) is 0 Å². The number of hydrogen-bond donors (Lipinski definition) is 1. The van der Waals surface area contributed by atoms with Gasteiger partial charge in [0.2, 0.25) is 0 Å². The van der Waals surface area contributed by atoms with Crippen molar-refractivity contribution in [2.45, 2.75) is 45.2 Å². The third-order valence-corrected chi connectivity index (χ3v) is 2.80. The first-order valence-electron chi connectivity index (χ1n) is 4.95. The molecule has 1 fully saturated rings. The van der Waals surface area contributed by atoms with Crippen LogP contribution in [-0.4, -0.2) is 36.6 Å². The Morgan fingerprint density at radius 2 is 2.08 bits per heavy atom. The van der Waals surface area contributed by atoms with Gasteiger partial charge in [-0.3, -0.25) is 4.90 Å².